The van der Waals surface area contributed by atoms with Crippen molar-refractivity contribution in [2.45, 2.75) is 17.9 Å². The van der Waals surface area contributed by atoms with Crippen LogP contribution in [0, 0.1) is 0 Å². The number of fused-ring (bicyclic) bond motifs is 1. The molecule has 0 unspecified atom stereocenters. The Morgan fingerprint density at radius 1 is 1.06 bits per heavy atom. The van der Waals surface area contributed by atoms with Crippen molar-refractivity contribution in [3.63, 3.8) is 0 Å². The summed E-state index contributed by atoms with van der Waals surface area (Å²) in [5, 5.41) is 5.66. The average Bonchev–Trinajstić information content (AvgIpc) is 2.77. The molecule has 0 saturated heterocycles. The van der Waals surface area contributed by atoms with Crippen LogP contribution in [0.2, 0.25) is 0 Å². The zero-order chi connectivity index (χ0) is 21.6. The third-order valence-electron chi connectivity index (χ3n) is 4.37. The van der Waals surface area contributed by atoms with E-state index in [2.05, 4.69) is 25.6 Å². The molecule has 160 valence electrons. The SMILES string of the molecule is C[C@@H](SCc1nc(N)nc(Nc2ccccc2)n1)C(=O)Nc1ccc2c(c1)OCCO2. The summed E-state index contributed by atoms with van der Waals surface area (Å²) >= 11 is 1.41. The molecule has 3 aromatic rings. The number of para-hydroxylation sites is 1. The summed E-state index contributed by atoms with van der Waals surface area (Å²) in [5.74, 6) is 2.56. The fraction of sp³-hybridized carbons (Fsp3) is 0.238. The Labute approximate surface area is 183 Å². The molecule has 1 atom stereocenters. The summed E-state index contributed by atoms with van der Waals surface area (Å²) in [6.07, 6.45) is 0. The number of amides is 1. The molecule has 9 nitrogen and oxygen atoms in total. The Hall–Kier alpha value is -3.53. The van der Waals surface area contributed by atoms with Crippen LogP contribution in [-0.2, 0) is 10.5 Å². The van der Waals surface area contributed by atoms with E-state index >= 15 is 0 Å². The number of nitrogens with one attached hydrogen (secondary N) is 2. The molecule has 1 aromatic heterocycles. The number of rotatable bonds is 7. The standard InChI is InChI=1S/C21H22N6O3S/c1-13(19(28)23-15-7-8-16-17(11-15)30-10-9-29-16)31-12-18-25-20(22)27-21(26-18)24-14-5-3-2-4-6-14/h2-8,11,13H,9-10,12H2,1H3,(H,23,28)(H3,22,24,25,26,27)/t13-/m1/s1. The monoisotopic (exact) mass is 438 g/mol. The molecule has 10 heteroatoms. The first-order valence-corrected chi connectivity index (χ1v) is 10.8. The third-order valence-corrected chi connectivity index (χ3v) is 5.51. The van der Waals surface area contributed by atoms with Crippen molar-refractivity contribution in [3.05, 3.63) is 54.4 Å². The lowest BCUT2D eigenvalue weighted by molar-refractivity contribution is -0.115. The largest absolute Gasteiger partial charge is 0.486 e. The minimum absolute atomic E-state index is 0.123. The number of thioether (sulfide) groups is 1. The van der Waals surface area contributed by atoms with E-state index in [4.69, 9.17) is 15.2 Å². The molecular formula is C21H22N6O3S. The van der Waals surface area contributed by atoms with E-state index in [-0.39, 0.29) is 17.1 Å². The molecule has 0 spiro atoms. The van der Waals surface area contributed by atoms with Crippen molar-refractivity contribution < 1.29 is 14.3 Å². The van der Waals surface area contributed by atoms with Crippen LogP contribution in [0.25, 0.3) is 0 Å². The van der Waals surface area contributed by atoms with Crippen LogP contribution >= 0.6 is 11.8 Å². The molecule has 4 N–H and O–H groups in total. The number of hydrogen-bond donors (Lipinski definition) is 3. The third kappa shape index (κ3) is 5.54. The molecule has 4 rings (SSSR count). The van der Waals surface area contributed by atoms with Crippen molar-refractivity contribution in [1.82, 2.24) is 15.0 Å². The van der Waals surface area contributed by atoms with Gasteiger partial charge in [0.2, 0.25) is 17.8 Å². The van der Waals surface area contributed by atoms with Gasteiger partial charge in [-0.25, -0.2) is 0 Å². The second-order valence-corrected chi connectivity index (χ2v) is 8.05. The molecule has 31 heavy (non-hydrogen) atoms. The summed E-state index contributed by atoms with van der Waals surface area (Å²) in [7, 11) is 0. The summed E-state index contributed by atoms with van der Waals surface area (Å²) in [4.78, 5) is 25.3. The van der Waals surface area contributed by atoms with Gasteiger partial charge in [-0.15, -0.1) is 11.8 Å². The minimum Gasteiger partial charge on any atom is -0.486 e. The van der Waals surface area contributed by atoms with Crippen molar-refractivity contribution in [2.24, 2.45) is 0 Å². The van der Waals surface area contributed by atoms with Crippen LogP contribution < -0.4 is 25.8 Å². The average molecular weight is 439 g/mol. The van der Waals surface area contributed by atoms with E-state index in [9.17, 15) is 4.79 Å². The van der Waals surface area contributed by atoms with Gasteiger partial charge in [0, 0.05) is 17.4 Å². The van der Waals surface area contributed by atoms with Gasteiger partial charge in [-0.1, -0.05) is 18.2 Å². The second kappa shape index (κ2) is 9.52. The highest BCUT2D eigenvalue weighted by Crippen LogP contribution is 2.32. The van der Waals surface area contributed by atoms with Gasteiger partial charge in [-0.3, -0.25) is 4.79 Å². The lowest BCUT2D eigenvalue weighted by atomic mass is 10.2. The van der Waals surface area contributed by atoms with Gasteiger partial charge in [-0.05, 0) is 31.2 Å². The normalized spacial score (nSPS) is 13.3. The highest BCUT2D eigenvalue weighted by atomic mass is 32.2. The van der Waals surface area contributed by atoms with E-state index < -0.39 is 0 Å². The summed E-state index contributed by atoms with van der Waals surface area (Å²) in [6, 6.07) is 14.9. The number of carbonyl (C=O) groups is 1. The highest BCUT2D eigenvalue weighted by molar-refractivity contribution is 7.99. The number of nitrogens with zero attached hydrogens (tertiary/aromatic N) is 3. The molecule has 2 heterocycles. The fourth-order valence-corrected chi connectivity index (χ4v) is 3.59. The Bertz CT molecular complexity index is 1070. The number of benzene rings is 2. The molecule has 0 aliphatic carbocycles. The quantitative estimate of drug-likeness (QED) is 0.510. The first kappa shape index (κ1) is 20.7. The topological polar surface area (TPSA) is 124 Å². The lowest BCUT2D eigenvalue weighted by Crippen LogP contribution is -2.23. The van der Waals surface area contributed by atoms with Crippen LogP contribution in [0.4, 0.5) is 23.3 Å². The number of nitrogens with two attached hydrogens (primary N) is 1. The van der Waals surface area contributed by atoms with E-state index in [0.29, 0.717) is 47.9 Å². The molecule has 1 amide bonds. The first-order chi connectivity index (χ1) is 15.1. The number of nitrogen functional groups attached to an aromatic ring is 1. The van der Waals surface area contributed by atoms with Crippen LogP contribution in [0.5, 0.6) is 11.5 Å². The zero-order valence-corrected chi connectivity index (χ0v) is 17.7. The van der Waals surface area contributed by atoms with Crippen molar-refractivity contribution in [1.29, 1.82) is 0 Å². The molecule has 1 aliphatic rings. The Kier molecular flexibility index (Phi) is 6.37. The molecular weight excluding hydrogens is 416 g/mol. The lowest BCUT2D eigenvalue weighted by Gasteiger charge is -2.19. The number of carbonyl (C=O) groups excluding carboxylic acids is 1. The van der Waals surface area contributed by atoms with Crippen LogP contribution in [-0.4, -0.2) is 39.3 Å². The minimum atomic E-state index is -0.336. The maximum Gasteiger partial charge on any atom is 0.237 e. The number of anilines is 4. The van der Waals surface area contributed by atoms with Crippen LogP contribution in [0.15, 0.2) is 48.5 Å². The van der Waals surface area contributed by atoms with Crippen LogP contribution in [0.3, 0.4) is 0 Å². The smallest absolute Gasteiger partial charge is 0.237 e. The van der Waals surface area contributed by atoms with Gasteiger partial charge in [0.25, 0.3) is 0 Å². The summed E-state index contributed by atoms with van der Waals surface area (Å²) in [5.41, 5.74) is 7.32. The number of hydrogen-bond acceptors (Lipinski definition) is 9. The Morgan fingerprint density at radius 2 is 1.84 bits per heavy atom. The second-order valence-electron chi connectivity index (χ2n) is 6.73. The van der Waals surface area contributed by atoms with Crippen molar-refractivity contribution in [3.8, 4) is 11.5 Å². The predicted molar refractivity (Wildman–Crippen MR) is 121 cm³/mol. The van der Waals surface area contributed by atoms with Gasteiger partial charge in [0.05, 0.1) is 11.0 Å². The maximum absolute atomic E-state index is 12.6. The van der Waals surface area contributed by atoms with Crippen LogP contribution in [0.1, 0.15) is 12.7 Å². The van der Waals surface area contributed by atoms with Gasteiger partial charge < -0.3 is 25.8 Å². The Balaban J connectivity index is 1.34. The maximum atomic E-state index is 12.6. The van der Waals surface area contributed by atoms with E-state index in [0.717, 1.165) is 5.69 Å². The predicted octanol–water partition coefficient (Wildman–Crippen LogP) is 3.23. The summed E-state index contributed by atoms with van der Waals surface area (Å²) in [6.45, 7) is 2.84. The van der Waals surface area contributed by atoms with Gasteiger partial charge in [-0.2, -0.15) is 15.0 Å². The van der Waals surface area contributed by atoms with Gasteiger partial charge in [0.1, 0.15) is 19.0 Å². The number of ether oxygens (including phenoxy) is 2. The first-order valence-electron chi connectivity index (χ1n) is 9.71. The van der Waals surface area contributed by atoms with Crippen molar-refractivity contribution in [2.75, 3.05) is 29.6 Å². The van der Waals surface area contributed by atoms with Gasteiger partial charge in [0.15, 0.2) is 11.5 Å². The van der Waals surface area contributed by atoms with E-state index in [1.54, 1.807) is 18.2 Å². The fourth-order valence-electron chi connectivity index (χ4n) is 2.85. The molecule has 2 aromatic carbocycles. The molecule has 0 bridgehead atoms. The summed E-state index contributed by atoms with van der Waals surface area (Å²) < 4.78 is 11.1. The van der Waals surface area contributed by atoms with Gasteiger partial charge >= 0.3 is 0 Å². The number of aromatic nitrogens is 3. The van der Waals surface area contributed by atoms with E-state index in [1.165, 1.54) is 11.8 Å². The molecule has 0 fully saturated rings. The highest BCUT2D eigenvalue weighted by Gasteiger charge is 2.17. The zero-order valence-electron chi connectivity index (χ0n) is 16.9. The Morgan fingerprint density at radius 3 is 2.65 bits per heavy atom. The molecule has 0 saturated carbocycles. The van der Waals surface area contributed by atoms with E-state index in [1.807, 2.05) is 37.3 Å². The molecule has 0 radical (unpaired) electrons. The van der Waals surface area contributed by atoms with Crippen molar-refractivity contribution >= 4 is 40.9 Å². The molecule has 1 aliphatic heterocycles.